The number of hydrogen-bond acceptors (Lipinski definition) is 5. The molecule has 96 valence electrons. The fourth-order valence-corrected chi connectivity index (χ4v) is 1.26. The lowest BCUT2D eigenvalue weighted by Crippen LogP contribution is -2.07. The summed E-state index contributed by atoms with van der Waals surface area (Å²) >= 11 is 0. The van der Waals surface area contributed by atoms with E-state index in [0.29, 0.717) is 5.69 Å². The van der Waals surface area contributed by atoms with Gasteiger partial charge in [0.2, 0.25) is 5.70 Å². The van der Waals surface area contributed by atoms with E-state index < -0.39 is 5.97 Å². The van der Waals surface area contributed by atoms with Gasteiger partial charge in [-0.2, -0.15) is 5.11 Å². The highest BCUT2D eigenvalue weighted by Crippen LogP contribution is 2.16. The Kier molecular flexibility index (Phi) is 5.05. The van der Waals surface area contributed by atoms with Crippen molar-refractivity contribution in [2.75, 3.05) is 6.61 Å². The molecular formula is C13H16N2O3. The third kappa shape index (κ3) is 4.01. The summed E-state index contributed by atoms with van der Waals surface area (Å²) < 4.78 is 4.77. The number of azo groups is 1. The maximum Gasteiger partial charge on any atom is 0.362 e. The number of esters is 1. The number of carbonyl (C=O) groups excluding carboxylic acids is 1. The molecule has 0 aliphatic carbocycles. The van der Waals surface area contributed by atoms with Crippen LogP contribution in [-0.2, 0) is 9.53 Å². The number of carbonyl (C=O) groups is 1. The first kappa shape index (κ1) is 13.9. The summed E-state index contributed by atoms with van der Waals surface area (Å²) in [5.41, 5.74) is 1.46. The SMILES string of the molecule is CCOC(=O)/C(N=Nc1cccc(C)c1)=C(\C)O. The zero-order valence-electron chi connectivity index (χ0n) is 10.7. The van der Waals surface area contributed by atoms with Crippen LogP contribution >= 0.6 is 0 Å². The van der Waals surface area contributed by atoms with E-state index in [4.69, 9.17) is 4.74 Å². The van der Waals surface area contributed by atoms with E-state index in [0.717, 1.165) is 5.56 Å². The average Bonchev–Trinajstić information content (AvgIpc) is 2.29. The first-order chi connectivity index (χ1) is 8.54. The molecule has 0 bridgehead atoms. The number of nitrogens with zero attached hydrogens (tertiary/aromatic N) is 2. The van der Waals surface area contributed by atoms with Gasteiger partial charge in [-0.25, -0.2) is 4.79 Å². The summed E-state index contributed by atoms with van der Waals surface area (Å²) in [5.74, 6) is -0.904. The number of allylic oxidation sites excluding steroid dienone is 1. The molecular weight excluding hydrogens is 232 g/mol. The quantitative estimate of drug-likeness (QED) is 0.384. The Morgan fingerprint density at radius 3 is 2.72 bits per heavy atom. The van der Waals surface area contributed by atoms with Crippen LogP contribution in [-0.4, -0.2) is 17.7 Å². The number of benzene rings is 1. The molecule has 0 saturated heterocycles. The van der Waals surface area contributed by atoms with Gasteiger partial charge in [-0.1, -0.05) is 12.1 Å². The first-order valence-corrected chi connectivity index (χ1v) is 5.60. The zero-order chi connectivity index (χ0) is 13.5. The van der Waals surface area contributed by atoms with Crippen LogP contribution < -0.4 is 0 Å². The Morgan fingerprint density at radius 1 is 1.44 bits per heavy atom. The van der Waals surface area contributed by atoms with Gasteiger partial charge in [-0.15, -0.1) is 5.11 Å². The van der Waals surface area contributed by atoms with Gasteiger partial charge in [0.05, 0.1) is 12.3 Å². The highest BCUT2D eigenvalue weighted by molar-refractivity contribution is 5.88. The Labute approximate surface area is 106 Å². The molecule has 1 N–H and O–H groups in total. The van der Waals surface area contributed by atoms with Crippen LogP contribution in [0.3, 0.4) is 0 Å². The highest BCUT2D eigenvalue weighted by atomic mass is 16.5. The smallest absolute Gasteiger partial charge is 0.362 e. The van der Waals surface area contributed by atoms with Crippen LogP contribution in [0.15, 0.2) is 46.0 Å². The van der Waals surface area contributed by atoms with E-state index in [1.54, 1.807) is 13.0 Å². The first-order valence-electron chi connectivity index (χ1n) is 5.60. The second kappa shape index (κ2) is 6.54. The Hall–Kier alpha value is -2.17. The van der Waals surface area contributed by atoms with Crippen LogP contribution in [0.25, 0.3) is 0 Å². The summed E-state index contributed by atoms with van der Waals surface area (Å²) in [7, 11) is 0. The van der Waals surface area contributed by atoms with Gasteiger partial charge in [0.15, 0.2) is 0 Å². The van der Waals surface area contributed by atoms with Crippen LogP contribution in [0, 0.1) is 6.92 Å². The zero-order valence-corrected chi connectivity index (χ0v) is 10.7. The molecule has 0 radical (unpaired) electrons. The molecule has 0 saturated carbocycles. The molecule has 1 rings (SSSR count). The molecule has 0 aromatic heterocycles. The molecule has 5 heteroatoms. The predicted molar refractivity (Wildman–Crippen MR) is 67.7 cm³/mol. The molecule has 0 amide bonds. The van der Waals surface area contributed by atoms with Gasteiger partial charge >= 0.3 is 5.97 Å². The van der Waals surface area contributed by atoms with E-state index in [1.165, 1.54) is 6.92 Å². The Morgan fingerprint density at radius 2 is 2.17 bits per heavy atom. The second-order valence-electron chi connectivity index (χ2n) is 3.69. The number of rotatable bonds is 4. The molecule has 0 spiro atoms. The van der Waals surface area contributed by atoms with Crippen LogP contribution in [0.1, 0.15) is 19.4 Å². The maximum atomic E-state index is 11.5. The summed E-state index contributed by atoms with van der Waals surface area (Å²) in [6, 6.07) is 7.34. The Bertz CT molecular complexity index is 489. The van der Waals surface area contributed by atoms with Crippen LogP contribution in [0.4, 0.5) is 5.69 Å². The molecule has 5 nitrogen and oxygen atoms in total. The normalized spacial score (nSPS) is 12.4. The standard InChI is InChI=1S/C13H16N2O3/c1-4-18-13(17)12(10(3)16)15-14-11-7-5-6-9(2)8-11/h5-8,16H,4H2,1-3H3/b12-10-,15-14?. The number of aliphatic hydroxyl groups is 1. The van der Waals surface area contributed by atoms with Crippen LogP contribution in [0.5, 0.6) is 0 Å². The molecule has 0 heterocycles. The van der Waals surface area contributed by atoms with E-state index in [2.05, 4.69) is 10.2 Å². The third-order valence-corrected chi connectivity index (χ3v) is 2.08. The predicted octanol–water partition coefficient (Wildman–Crippen LogP) is 3.43. The summed E-state index contributed by atoms with van der Waals surface area (Å²) in [6.07, 6.45) is 0. The highest BCUT2D eigenvalue weighted by Gasteiger charge is 2.13. The molecule has 0 aliphatic heterocycles. The molecule has 18 heavy (non-hydrogen) atoms. The van der Waals surface area contributed by atoms with Crippen molar-refractivity contribution in [1.29, 1.82) is 0 Å². The van der Waals surface area contributed by atoms with Crippen molar-refractivity contribution < 1.29 is 14.6 Å². The largest absolute Gasteiger partial charge is 0.510 e. The van der Waals surface area contributed by atoms with E-state index in [1.807, 2.05) is 25.1 Å². The number of aliphatic hydroxyl groups excluding tert-OH is 1. The lowest BCUT2D eigenvalue weighted by Gasteiger charge is -2.02. The number of hydrogen-bond donors (Lipinski definition) is 1. The van der Waals surface area contributed by atoms with Gasteiger partial charge in [0.1, 0.15) is 5.76 Å². The van der Waals surface area contributed by atoms with Gasteiger partial charge in [0.25, 0.3) is 0 Å². The molecule has 0 fully saturated rings. The Balaban J connectivity index is 2.92. The van der Waals surface area contributed by atoms with E-state index >= 15 is 0 Å². The fourth-order valence-electron chi connectivity index (χ4n) is 1.26. The van der Waals surface area contributed by atoms with Gasteiger partial charge in [-0.05, 0) is 38.5 Å². The minimum absolute atomic E-state index is 0.182. The number of ether oxygens (including phenoxy) is 1. The van der Waals surface area contributed by atoms with Crippen molar-refractivity contribution >= 4 is 11.7 Å². The van der Waals surface area contributed by atoms with Gasteiger partial charge in [-0.3, -0.25) is 0 Å². The fraction of sp³-hybridized carbons (Fsp3) is 0.308. The average molecular weight is 248 g/mol. The number of aryl methyl sites for hydroxylation is 1. The lowest BCUT2D eigenvalue weighted by atomic mass is 10.2. The monoisotopic (exact) mass is 248 g/mol. The molecule has 1 aromatic rings. The lowest BCUT2D eigenvalue weighted by molar-refractivity contribution is -0.138. The van der Waals surface area contributed by atoms with Crippen molar-refractivity contribution in [3.8, 4) is 0 Å². The summed E-state index contributed by atoms with van der Waals surface area (Å²) in [4.78, 5) is 11.5. The molecule has 0 unspecified atom stereocenters. The van der Waals surface area contributed by atoms with Gasteiger partial charge < -0.3 is 9.84 Å². The van der Waals surface area contributed by atoms with Crippen molar-refractivity contribution in [2.24, 2.45) is 10.2 Å². The minimum atomic E-state index is -0.686. The van der Waals surface area contributed by atoms with Crippen LogP contribution in [0.2, 0.25) is 0 Å². The van der Waals surface area contributed by atoms with E-state index in [-0.39, 0.29) is 18.1 Å². The summed E-state index contributed by atoms with van der Waals surface area (Å²) in [6.45, 7) is 5.19. The summed E-state index contributed by atoms with van der Waals surface area (Å²) in [5, 5.41) is 17.0. The van der Waals surface area contributed by atoms with Crippen molar-refractivity contribution in [3.63, 3.8) is 0 Å². The third-order valence-electron chi connectivity index (χ3n) is 2.08. The van der Waals surface area contributed by atoms with Crippen molar-refractivity contribution in [1.82, 2.24) is 0 Å². The molecule has 1 aromatic carbocycles. The maximum absolute atomic E-state index is 11.5. The van der Waals surface area contributed by atoms with Crippen molar-refractivity contribution in [3.05, 3.63) is 41.3 Å². The van der Waals surface area contributed by atoms with Crippen molar-refractivity contribution in [2.45, 2.75) is 20.8 Å². The topological polar surface area (TPSA) is 71.2 Å². The van der Waals surface area contributed by atoms with E-state index in [9.17, 15) is 9.90 Å². The molecule has 0 atom stereocenters. The van der Waals surface area contributed by atoms with Gasteiger partial charge in [0, 0.05) is 0 Å². The molecule has 0 aliphatic rings. The minimum Gasteiger partial charge on any atom is -0.510 e. The second-order valence-corrected chi connectivity index (χ2v) is 3.69.